The number of rotatable bonds is 13. The minimum Gasteiger partial charge on any atom is -0.481 e. The number of hydrogen-bond acceptors (Lipinski definition) is 3. The number of aryl methyl sites for hydroxylation is 1. The summed E-state index contributed by atoms with van der Waals surface area (Å²) in [6.45, 7) is 7.65. The maximum Gasteiger partial charge on any atom is 0.307 e. The van der Waals surface area contributed by atoms with E-state index in [-0.39, 0.29) is 11.8 Å². The third-order valence-electron chi connectivity index (χ3n) is 6.19. The van der Waals surface area contributed by atoms with Gasteiger partial charge in [-0.25, -0.2) is 0 Å². The molecule has 1 saturated carbocycles. The van der Waals surface area contributed by atoms with Gasteiger partial charge in [-0.05, 0) is 56.3 Å². The first-order valence-electron chi connectivity index (χ1n) is 12.5. The van der Waals surface area contributed by atoms with Crippen LogP contribution in [0.4, 0.5) is 0 Å². The van der Waals surface area contributed by atoms with Gasteiger partial charge in [-0.15, -0.1) is 0 Å². The molecular weight excluding hydrogens is 396 g/mol. The molecule has 0 saturated heterocycles. The SMILES string of the molecule is CCCCCCCCCCN[C@@H](C)c1ccc(C)cn1.O=C(O)[C@H]1C[C@@H]1c1ccccc1. The highest BCUT2D eigenvalue weighted by Gasteiger charge is 2.43. The average Bonchev–Trinajstić information content (AvgIpc) is 3.61. The Morgan fingerprint density at radius 2 is 1.69 bits per heavy atom. The molecule has 0 aliphatic heterocycles. The monoisotopic (exact) mass is 438 g/mol. The van der Waals surface area contributed by atoms with Gasteiger partial charge in [0.15, 0.2) is 0 Å². The fourth-order valence-corrected chi connectivity index (χ4v) is 3.95. The second kappa shape index (κ2) is 14.8. The van der Waals surface area contributed by atoms with Crippen molar-refractivity contribution >= 4 is 5.97 Å². The lowest BCUT2D eigenvalue weighted by molar-refractivity contribution is -0.138. The first kappa shape index (κ1) is 26.1. The van der Waals surface area contributed by atoms with Gasteiger partial charge < -0.3 is 10.4 Å². The number of unbranched alkanes of at least 4 members (excludes halogenated alkanes) is 7. The number of benzene rings is 1. The molecule has 176 valence electrons. The molecule has 1 aliphatic carbocycles. The van der Waals surface area contributed by atoms with Gasteiger partial charge >= 0.3 is 5.97 Å². The van der Waals surface area contributed by atoms with Crippen LogP contribution in [-0.4, -0.2) is 22.6 Å². The van der Waals surface area contributed by atoms with E-state index in [1.807, 2.05) is 36.5 Å². The molecule has 4 nitrogen and oxygen atoms in total. The molecule has 4 heteroatoms. The van der Waals surface area contributed by atoms with Crippen LogP contribution in [0.2, 0.25) is 0 Å². The molecule has 0 bridgehead atoms. The maximum atomic E-state index is 10.5. The number of nitrogens with one attached hydrogen (secondary N) is 1. The van der Waals surface area contributed by atoms with Crippen LogP contribution in [0, 0.1) is 12.8 Å². The van der Waals surface area contributed by atoms with Crippen molar-refractivity contribution < 1.29 is 9.90 Å². The number of carboxylic acids is 1. The summed E-state index contributed by atoms with van der Waals surface area (Å²) in [4.78, 5) is 15.0. The third-order valence-corrected chi connectivity index (χ3v) is 6.19. The number of hydrogen-bond donors (Lipinski definition) is 2. The van der Waals surface area contributed by atoms with E-state index in [1.54, 1.807) is 0 Å². The van der Waals surface area contributed by atoms with Crippen molar-refractivity contribution in [2.24, 2.45) is 5.92 Å². The van der Waals surface area contributed by atoms with Gasteiger partial charge in [0.1, 0.15) is 0 Å². The standard InChI is InChI=1S/C18H32N2.C10H10O2/c1-4-5-6-7-8-9-10-11-14-19-17(3)18-13-12-16(2)15-20-18;11-10(12)9-6-8(9)7-4-2-1-3-5-7/h12-13,15,17,19H,4-11,14H2,1-3H3;1-5,8-9H,6H2,(H,11,12)/t17-;8-,9+/m01/s1. The van der Waals surface area contributed by atoms with Crippen molar-refractivity contribution in [2.45, 2.75) is 90.5 Å². The van der Waals surface area contributed by atoms with E-state index < -0.39 is 5.97 Å². The highest BCUT2D eigenvalue weighted by Crippen LogP contribution is 2.47. The number of aliphatic carboxylic acids is 1. The molecule has 0 spiro atoms. The molecule has 32 heavy (non-hydrogen) atoms. The van der Waals surface area contributed by atoms with E-state index in [9.17, 15) is 4.79 Å². The van der Waals surface area contributed by atoms with Crippen molar-refractivity contribution in [2.75, 3.05) is 6.54 Å². The number of pyridine rings is 1. The van der Waals surface area contributed by atoms with Crippen LogP contribution < -0.4 is 5.32 Å². The van der Waals surface area contributed by atoms with Crippen molar-refractivity contribution in [3.05, 3.63) is 65.5 Å². The summed E-state index contributed by atoms with van der Waals surface area (Å²) in [5.41, 5.74) is 3.53. The number of carbonyl (C=O) groups is 1. The zero-order valence-corrected chi connectivity index (χ0v) is 20.2. The Kier molecular flexibility index (Phi) is 12.0. The molecule has 1 aromatic heterocycles. The molecule has 3 rings (SSSR count). The lowest BCUT2D eigenvalue weighted by Gasteiger charge is -2.13. The smallest absolute Gasteiger partial charge is 0.307 e. The topological polar surface area (TPSA) is 62.2 Å². The Bertz CT molecular complexity index is 761. The first-order chi connectivity index (χ1) is 15.5. The summed E-state index contributed by atoms with van der Waals surface area (Å²) in [6.07, 6.45) is 13.8. The fraction of sp³-hybridized carbons (Fsp3) is 0.571. The van der Waals surface area contributed by atoms with Crippen LogP contribution in [0.15, 0.2) is 48.7 Å². The Morgan fingerprint density at radius 1 is 1.03 bits per heavy atom. The fourth-order valence-electron chi connectivity index (χ4n) is 3.95. The minimum atomic E-state index is -0.663. The second-order valence-corrected chi connectivity index (χ2v) is 9.11. The quantitative estimate of drug-likeness (QED) is 0.329. The van der Waals surface area contributed by atoms with Gasteiger partial charge in [0.25, 0.3) is 0 Å². The zero-order chi connectivity index (χ0) is 23.2. The molecule has 2 N–H and O–H groups in total. The van der Waals surface area contributed by atoms with E-state index >= 15 is 0 Å². The van der Waals surface area contributed by atoms with E-state index in [0.29, 0.717) is 6.04 Å². The first-order valence-corrected chi connectivity index (χ1v) is 12.5. The molecule has 1 aromatic carbocycles. The molecular formula is C28H42N2O2. The Morgan fingerprint density at radius 3 is 2.25 bits per heavy atom. The average molecular weight is 439 g/mol. The van der Waals surface area contributed by atoms with Crippen LogP contribution in [0.25, 0.3) is 0 Å². The maximum absolute atomic E-state index is 10.5. The van der Waals surface area contributed by atoms with Crippen LogP contribution in [-0.2, 0) is 4.79 Å². The lowest BCUT2D eigenvalue weighted by Crippen LogP contribution is -2.20. The summed E-state index contributed by atoms with van der Waals surface area (Å²) >= 11 is 0. The molecule has 1 fully saturated rings. The Balaban J connectivity index is 0.000000255. The van der Waals surface area contributed by atoms with Crippen LogP contribution in [0.5, 0.6) is 0 Å². The van der Waals surface area contributed by atoms with Crippen LogP contribution in [0.3, 0.4) is 0 Å². The van der Waals surface area contributed by atoms with E-state index in [2.05, 4.69) is 43.2 Å². The molecule has 0 radical (unpaired) electrons. The summed E-state index contributed by atoms with van der Waals surface area (Å²) in [7, 11) is 0. The molecule has 1 aliphatic rings. The highest BCUT2D eigenvalue weighted by molar-refractivity contribution is 5.75. The molecule has 1 heterocycles. The third kappa shape index (κ3) is 9.95. The van der Waals surface area contributed by atoms with Gasteiger partial charge in [-0.1, -0.05) is 88.3 Å². The molecule has 3 atom stereocenters. The number of carboxylic acid groups (broad SMARTS) is 1. The Labute approximate surface area is 194 Å². The van der Waals surface area contributed by atoms with Crippen LogP contribution >= 0.6 is 0 Å². The van der Waals surface area contributed by atoms with Gasteiger partial charge in [0, 0.05) is 12.2 Å². The highest BCUT2D eigenvalue weighted by atomic mass is 16.4. The van der Waals surface area contributed by atoms with Gasteiger partial charge in [-0.3, -0.25) is 9.78 Å². The largest absolute Gasteiger partial charge is 0.481 e. The van der Waals surface area contributed by atoms with Crippen molar-refractivity contribution in [1.29, 1.82) is 0 Å². The summed E-state index contributed by atoms with van der Waals surface area (Å²) < 4.78 is 0. The Hall–Kier alpha value is -2.20. The molecule has 0 unspecified atom stereocenters. The lowest BCUT2D eigenvalue weighted by atomic mass is 10.1. The second-order valence-electron chi connectivity index (χ2n) is 9.11. The summed E-state index contributed by atoms with van der Waals surface area (Å²) in [5, 5.41) is 12.3. The summed E-state index contributed by atoms with van der Waals surface area (Å²) in [6, 6.07) is 14.5. The number of nitrogens with zero attached hydrogens (tertiary/aromatic N) is 1. The van der Waals surface area contributed by atoms with Crippen LogP contribution in [0.1, 0.15) is 100 Å². The zero-order valence-electron chi connectivity index (χ0n) is 20.2. The van der Waals surface area contributed by atoms with E-state index in [4.69, 9.17) is 5.11 Å². The van der Waals surface area contributed by atoms with Gasteiger partial charge in [0.05, 0.1) is 11.6 Å². The predicted molar refractivity (Wildman–Crippen MR) is 133 cm³/mol. The van der Waals surface area contributed by atoms with E-state index in [0.717, 1.165) is 24.2 Å². The normalized spacial score (nSPS) is 17.8. The van der Waals surface area contributed by atoms with Crippen molar-refractivity contribution in [3.8, 4) is 0 Å². The summed E-state index contributed by atoms with van der Waals surface area (Å²) in [5.74, 6) is -0.528. The van der Waals surface area contributed by atoms with Crippen molar-refractivity contribution in [3.63, 3.8) is 0 Å². The number of aromatic nitrogens is 1. The predicted octanol–water partition coefficient (Wildman–Crippen LogP) is 7.06. The van der Waals surface area contributed by atoms with Crippen molar-refractivity contribution in [1.82, 2.24) is 10.3 Å². The molecule has 0 amide bonds. The van der Waals surface area contributed by atoms with Gasteiger partial charge in [0.2, 0.25) is 0 Å². The van der Waals surface area contributed by atoms with Gasteiger partial charge in [-0.2, -0.15) is 0 Å². The molecule has 2 aromatic rings. The van der Waals surface area contributed by atoms with E-state index in [1.165, 1.54) is 56.9 Å². The minimum absolute atomic E-state index is 0.132.